The molecule has 1 aliphatic carbocycles. The molecule has 0 aliphatic heterocycles. The molecule has 1 amide bonds. The number of carbonyl (C=O) groups excluding carboxylic acids is 1. The number of aliphatic carboxylic acids is 1. The summed E-state index contributed by atoms with van der Waals surface area (Å²) in [5.74, 6) is -1.19. The van der Waals surface area contributed by atoms with Crippen LogP contribution in [0.5, 0.6) is 0 Å². The topological polar surface area (TPSA) is 92.4 Å². The number of carboxylic acid groups (broad SMARTS) is 1. The average molecular weight is 242 g/mol. The van der Waals surface area contributed by atoms with Crippen LogP contribution < -0.4 is 11.1 Å². The number of rotatable bonds is 5. The predicted octanol–water partition coefficient (Wildman–Crippen LogP) is 0.731. The fraction of sp³-hybridized carbons (Fsp3) is 0.833. The van der Waals surface area contributed by atoms with Crippen LogP contribution >= 0.6 is 0 Å². The smallest absolute Gasteiger partial charge is 0.306 e. The zero-order valence-electron chi connectivity index (χ0n) is 10.3. The van der Waals surface area contributed by atoms with Crippen molar-refractivity contribution in [3.8, 4) is 0 Å². The lowest BCUT2D eigenvalue weighted by Crippen LogP contribution is -2.44. The van der Waals surface area contributed by atoms with E-state index in [1.165, 1.54) is 0 Å². The third-order valence-electron chi connectivity index (χ3n) is 3.54. The normalized spacial score (nSPS) is 26.2. The van der Waals surface area contributed by atoms with Crippen LogP contribution in [0.3, 0.4) is 0 Å². The quantitative estimate of drug-likeness (QED) is 0.662. The highest BCUT2D eigenvalue weighted by Crippen LogP contribution is 2.29. The van der Waals surface area contributed by atoms with E-state index >= 15 is 0 Å². The van der Waals surface area contributed by atoms with Crippen molar-refractivity contribution in [2.45, 2.75) is 45.1 Å². The number of nitrogens with two attached hydrogens (primary N) is 1. The molecular formula is C12H22N2O3. The maximum atomic E-state index is 11.5. The first-order valence-electron chi connectivity index (χ1n) is 6.32. The van der Waals surface area contributed by atoms with Gasteiger partial charge < -0.3 is 16.2 Å². The zero-order valence-corrected chi connectivity index (χ0v) is 10.3. The summed E-state index contributed by atoms with van der Waals surface area (Å²) in [5.41, 5.74) is 5.60. The fourth-order valence-electron chi connectivity index (χ4n) is 2.33. The van der Waals surface area contributed by atoms with Gasteiger partial charge in [0.1, 0.15) is 0 Å². The van der Waals surface area contributed by atoms with Crippen molar-refractivity contribution in [2.24, 2.45) is 17.6 Å². The number of carbonyl (C=O) groups is 2. The Morgan fingerprint density at radius 2 is 2.06 bits per heavy atom. The van der Waals surface area contributed by atoms with E-state index in [1.807, 2.05) is 6.92 Å². The summed E-state index contributed by atoms with van der Waals surface area (Å²) in [6.07, 6.45) is 4.20. The summed E-state index contributed by atoms with van der Waals surface area (Å²) < 4.78 is 0. The van der Waals surface area contributed by atoms with Gasteiger partial charge in [0, 0.05) is 6.54 Å². The van der Waals surface area contributed by atoms with E-state index in [0.717, 1.165) is 25.7 Å². The maximum absolute atomic E-state index is 11.5. The molecule has 3 unspecified atom stereocenters. The first-order valence-corrected chi connectivity index (χ1v) is 6.32. The third kappa shape index (κ3) is 4.00. The summed E-state index contributed by atoms with van der Waals surface area (Å²) in [6.45, 7) is 2.29. The Morgan fingerprint density at radius 1 is 1.41 bits per heavy atom. The molecule has 5 heteroatoms. The van der Waals surface area contributed by atoms with E-state index in [0.29, 0.717) is 13.0 Å². The SMILES string of the molecule is CCC(N)C(=O)NCC1CCCCC1C(=O)O. The third-order valence-corrected chi connectivity index (χ3v) is 3.54. The largest absolute Gasteiger partial charge is 0.481 e. The summed E-state index contributed by atoms with van der Waals surface area (Å²) >= 11 is 0. The van der Waals surface area contributed by atoms with Gasteiger partial charge in [0.15, 0.2) is 0 Å². The molecule has 5 nitrogen and oxygen atoms in total. The second-order valence-corrected chi connectivity index (χ2v) is 4.75. The molecule has 0 spiro atoms. The minimum Gasteiger partial charge on any atom is -0.481 e. The molecule has 0 bridgehead atoms. The van der Waals surface area contributed by atoms with Gasteiger partial charge in [0.25, 0.3) is 0 Å². The van der Waals surface area contributed by atoms with Gasteiger partial charge in [0.2, 0.25) is 5.91 Å². The van der Waals surface area contributed by atoms with Gasteiger partial charge in [0.05, 0.1) is 12.0 Å². The Balaban J connectivity index is 2.43. The lowest BCUT2D eigenvalue weighted by atomic mass is 9.79. The number of hydrogen-bond donors (Lipinski definition) is 3. The Morgan fingerprint density at radius 3 is 2.65 bits per heavy atom. The van der Waals surface area contributed by atoms with E-state index in [-0.39, 0.29) is 17.7 Å². The lowest BCUT2D eigenvalue weighted by molar-refractivity contribution is -0.145. The monoisotopic (exact) mass is 242 g/mol. The number of amides is 1. The van der Waals surface area contributed by atoms with Gasteiger partial charge in [-0.2, -0.15) is 0 Å². The Labute approximate surface area is 102 Å². The van der Waals surface area contributed by atoms with Crippen molar-refractivity contribution in [2.75, 3.05) is 6.54 Å². The van der Waals surface area contributed by atoms with Crippen molar-refractivity contribution in [3.05, 3.63) is 0 Å². The van der Waals surface area contributed by atoms with Gasteiger partial charge >= 0.3 is 5.97 Å². The molecule has 3 atom stereocenters. The average Bonchev–Trinajstić information content (AvgIpc) is 2.35. The molecule has 98 valence electrons. The molecule has 0 radical (unpaired) electrons. The van der Waals surface area contributed by atoms with Crippen LogP contribution in [-0.2, 0) is 9.59 Å². The van der Waals surface area contributed by atoms with Crippen LogP contribution in [0.1, 0.15) is 39.0 Å². The zero-order chi connectivity index (χ0) is 12.8. The van der Waals surface area contributed by atoms with E-state index in [2.05, 4.69) is 5.32 Å². The van der Waals surface area contributed by atoms with E-state index < -0.39 is 12.0 Å². The second-order valence-electron chi connectivity index (χ2n) is 4.75. The van der Waals surface area contributed by atoms with Gasteiger partial charge in [-0.15, -0.1) is 0 Å². The Hall–Kier alpha value is -1.10. The highest BCUT2D eigenvalue weighted by atomic mass is 16.4. The predicted molar refractivity (Wildman–Crippen MR) is 64.4 cm³/mol. The molecule has 1 saturated carbocycles. The van der Waals surface area contributed by atoms with Crippen LogP contribution in [0.25, 0.3) is 0 Å². The van der Waals surface area contributed by atoms with Crippen molar-refractivity contribution >= 4 is 11.9 Å². The van der Waals surface area contributed by atoms with Crippen molar-refractivity contribution in [3.63, 3.8) is 0 Å². The summed E-state index contributed by atoms with van der Waals surface area (Å²) in [7, 11) is 0. The van der Waals surface area contributed by atoms with Crippen molar-refractivity contribution in [1.29, 1.82) is 0 Å². The van der Waals surface area contributed by atoms with Crippen LogP contribution in [0, 0.1) is 11.8 Å². The van der Waals surface area contributed by atoms with E-state index in [1.54, 1.807) is 0 Å². The summed E-state index contributed by atoms with van der Waals surface area (Å²) in [5, 5.41) is 11.9. The van der Waals surface area contributed by atoms with E-state index in [9.17, 15) is 9.59 Å². The number of nitrogens with one attached hydrogen (secondary N) is 1. The summed E-state index contributed by atoms with van der Waals surface area (Å²) in [6, 6.07) is -0.484. The molecule has 1 fully saturated rings. The molecule has 17 heavy (non-hydrogen) atoms. The molecule has 0 aromatic heterocycles. The summed E-state index contributed by atoms with van der Waals surface area (Å²) in [4.78, 5) is 22.6. The van der Waals surface area contributed by atoms with Crippen LogP contribution in [-0.4, -0.2) is 29.6 Å². The first-order chi connectivity index (χ1) is 8.06. The molecule has 1 aliphatic rings. The van der Waals surface area contributed by atoms with Gasteiger partial charge in [-0.05, 0) is 25.2 Å². The second kappa shape index (κ2) is 6.59. The van der Waals surface area contributed by atoms with E-state index in [4.69, 9.17) is 10.8 Å². The maximum Gasteiger partial charge on any atom is 0.306 e. The molecule has 0 saturated heterocycles. The minimum absolute atomic E-state index is 0.0502. The van der Waals surface area contributed by atoms with Crippen molar-refractivity contribution in [1.82, 2.24) is 5.32 Å². The van der Waals surface area contributed by atoms with Crippen LogP contribution in [0.15, 0.2) is 0 Å². The number of carboxylic acids is 1. The van der Waals surface area contributed by atoms with Gasteiger partial charge in [-0.1, -0.05) is 19.8 Å². The fourth-order valence-corrected chi connectivity index (χ4v) is 2.33. The highest BCUT2D eigenvalue weighted by molar-refractivity contribution is 5.81. The highest BCUT2D eigenvalue weighted by Gasteiger charge is 2.31. The molecule has 4 N–H and O–H groups in total. The molecular weight excluding hydrogens is 220 g/mol. The Bertz CT molecular complexity index is 281. The Kier molecular flexibility index (Phi) is 5.41. The van der Waals surface area contributed by atoms with Crippen LogP contribution in [0.4, 0.5) is 0 Å². The molecule has 0 aromatic carbocycles. The lowest BCUT2D eigenvalue weighted by Gasteiger charge is -2.28. The number of hydrogen-bond acceptors (Lipinski definition) is 3. The van der Waals surface area contributed by atoms with Crippen LogP contribution in [0.2, 0.25) is 0 Å². The minimum atomic E-state index is -0.747. The molecule has 1 rings (SSSR count). The van der Waals surface area contributed by atoms with Gasteiger partial charge in [-0.25, -0.2) is 0 Å². The van der Waals surface area contributed by atoms with Crippen molar-refractivity contribution < 1.29 is 14.7 Å². The first kappa shape index (κ1) is 14.0. The molecule has 0 heterocycles. The standard InChI is InChI=1S/C12H22N2O3/c1-2-10(13)11(15)14-7-8-5-3-4-6-9(8)12(16)17/h8-10H,2-7,13H2,1H3,(H,14,15)(H,16,17). The van der Waals surface area contributed by atoms with Gasteiger partial charge in [-0.3, -0.25) is 9.59 Å². The molecule has 0 aromatic rings.